The van der Waals surface area contributed by atoms with Crippen molar-refractivity contribution in [2.45, 2.75) is 6.92 Å². The van der Waals surface area contributed by atoms with E-state index >= 15 is 0 Å². The van der Waals surface area contributed by atoms with Crippen LogP contribution < -0.4 is 10.1 Å². The summed E-state index contributed by atoms with van der Waals surface area (Å²) in [5.41, 5.74) is 0.692. The van der Waals surface area contributed by atoms with Crippen molar-refractivity contribution >= 4 is 22.9 Å². The van der Waals surface area contributed by atoms with Gasteiger partial charge in [0, 0.05) is 24.1 Å². The summed E-state index contributed by atoms with van der Waals surface area (Å²) in [6.45, 7) is 1.79. The van der Waals surface area contributed by atoms with Crippen molar-refractivity contribution in [1.29, 1.82) is 0 Å². The van der Waals surface area contributed by atoms with Crippen LogP contribution in [0.5, 0.6) is 11.6 Å². The number of carbonyl (C=O) groups excluding carboxylic acids is 1. The number of nitrogens with one attached hydrogen (secondary N) is 1. The predicted molar refractivity (Wildman–Crippen MR) is 103 cm³/mol. The molecule has 134 valence electrons. The molecule has 0 atom stereocenters. The van der Waals surface area contributed by atoms with E-state index < -0.39 is 0 Å². The summed E-state index contributed by atoms with van der Waals surface area (Å²) in [7, 11) is 0. The Labute approximate surface area is 159 Å². The van der Waals surface area contributed by atoms with Crippen LogP contribution in [0.1, 0.15) is 15.5 Å². The summed E-state index contributed by atoms with van der Waals surface area (Å²) < 4.78 is 7.47. The fourth-order valence-corrected chi connectivity index (χ4v) is 3.05. The number of benzene rings is 1. The van der Waals surface area contributed by atoms with Crippen molar-refractivity contribution in [2.75, 3.05) is 5.32 Å². The molecule has 1 N–H and O–H groups in total. The predicted octanol–water partition coefficient (Wildman–Crippen LogP) is 4.08. The van der Waals surface area contributed by atoms with E-state index in [0.717, 1.165) is 0 Å². The van der Waals surface area contributed by atoms with Crippen LogP contribution in [-0.4, -0.2) is 25.7 Å². The summed E-state index contributed by atoms with van der Waals surface area (Å²) in [5, 5.41) is 8.89. The molecule has 0 fully saturated rings. The lowest BCUT2D eigenvalue weighted by atomic mass is 10.3. The number of carbonyl (C=O) groups is 1. The Hall–Kier alpha value is -3.52. The van der Waals surface area contributed by atoms with Gasteiger partial charge in [-0.05, 0) is 48.7 Å². The van der Waals surface area contributed by atoms with Gasteiger partial charge in [0.05, 0.1) is 4.88 Å². The van der Waals surface area contributed by atoms with Gasteiger partial charge in [-0.2, -0.15) is 10.1 Å². The smallest absolute Gasteiger partial charge is 0.265 e. The SMILES string of the molecule is Cc1nc(Oc2ccc(NC(=O)c3cccs3)cc2)cc(-n2cccn2)n1. The molecule has 3 heterocycles. The molecule has 3 aromatic heterocycles. The first-order chi connectivity index (χ1) is 13.2. The number of rotatable bonds is 5. The zero-order valence-corrected chi connectivity index (χ0v) is 15.2. The first-order valence-electron chi connectivity index (χ1n) is 8.16. The van der Waals surface area contributed by atoms with Gasteiger partial charge in [0.25, 0.3) is 5.91 Å². The third-order valence-electron chi connectivity index (χ3n) is 3.62. The summed E-state index contributed by atoms with van der Waals surface area (Å²) in [6.07, 6.45) is 3.48. The minimum absolute atomic E-state index is 0.131. The van der Waals surface area contributed by atoms with Crippen molar-refractivity contribution in [3.63, 3.8) is 0 Å². The highest BCUT2D eigenvalue weighted by molar-refractivity contribution is 7.12. The molecule has 0 aliphatic heterocycles. The van der Waals surface area contributed by atoms with Crippen molar-refractivity contribution in [3.05, 3.63) is 77.0 Å². The lowest BCUT2D eigenvalue weighted by Gasteiger charge is -2.09. The standard InChI is InChI=1S/C19H15N5O2S/c1-13-21-17(24-10-3-9-20-24)12-18(22-13)26-15-7-5-14(6-8-15)23-19(25)16-4-2-11-27-16/h2-12H,1H3,(H,23,25). The Kier molecular flexibility index (Phi) is 4.63. The highest BCUT2D eigenvalue weighted by atomic mass is 32.1. The molecule has 0 saturated heterocycles. The molecule has 7 nitrogen and oxygen atoms in total. The van der Waals surface area contributed by atoms with Gasteiger partial charge in [-0.1, -0.05) is 6.07 Å². The fraction of sp³-hybridized carbons (Fsp3) is 0.0526. The Balaban J connectivity index is 1.48. The second kappa shape index (κ2) is 7.38. The highest BCUT2D eigenvalue weighted by Gasteiger charge is 2.08. The van der Waals surface area contributed by atoms with E-state index in [4.69, 9.17) is 4.74 Å². The Morgan fingerprint density at radius 2 is 2.00 bits per heavy atom. The molecule has 27 heavy (non-hydrogen) atoms. The van der Waals surface area contributed by atoms with E-state index in [2.05, 4.69) is 20.4 Å². The molecular formula is C19H15N5O2S. The third kappa shape index (κ3) is 4.01. The number of aryl methyl sites for hydroxylation is 1. The van der Waals surface area contributed by atoms with Gasteiger partial charge in [-0.25, -0.2) is 9.67 Å². The first-order valence-corrected chi connectivity index (χ1v) is 9.04. The van der Waals surface area contributed by atoms with Gasteiger partial charge in [0.15, 0.2) is 5.82 Å². The number of hydrogen-bond acceptors (Lipinski definition) is 6. The summed E-state index contributed by atoms with van der Waals surface area (Å²) >= 11 is 1.40. The Morgan fingerprint density at radius 3 is 2.70 bits per heavy atom. The van der Waals surface area contributed by atoms with Gasteiger partial charge < -0.3 is 10.1 Å². The van der Waals surface area contributed by atoms with Crippen LogP contribution in [0.2, 0.25) is 0 Å². The maximum Gasteiger partial charge on any atom is 0.265 e. The Morgan fingerprint density at radius 1 is 1.15 bits per heavy atom. The minimum Gasteiger partial charge on any atom is -0.439 e. The first kappa shape index (κ1) is 16.9. The summed E-state index contributed by atoms with van der Waals surface area (Å²) in [4.78, 5) is 21.4. The number of hydrogen-bond donors (Lipinski definition) is 1. The molecule has 1 aromatic carbocycles. The van der Waals surface area contributed by atoms with E-state index in [9.17, 15) is 4.79 Å². The van der Waals surface area contributed by atoms with E-state index in [1.807, 2.05) is 17.5 Å². The molecule has 8 heteroatoms. The molecule has 0 radical (unpaired) electrons. The normalized spacial score (nSPS) is 10.6. The molecule has 0 aliphatic carbocycles. The van der Waals surface area contributed by atoms with Crippen molar-refractivity contribution in [2.24, 2.45) is 0 Å². The number of nitrogens with zero attached hydrogens (tertiary/aromatic N) is 4. The topological polar surface area (TPSA) is 81.9 Å². The van der Waals surface area contributed by atoms with Crippen molar-refractivity contribution in [1.82, 2.24) is 19.7 Å². The highest BCUT2D eigenvalue weighted by Crippen LogP contribution is 2.23. The number of aromatic nitrogens is 4. The third-order valence-corrected chi connectivity index (χ3v) is 4.49. The van der Waals surface area contributed by atoms with Gasteiger partial charge in [-0.15, -0.1) is 11.3 Å². The maximum atomic E-state index is 12.1. The van der Waals surface area contributed by atoms with Gasteiger partial charge in [0.2, 0.25) is 5.88 Å². The molecule has 0 spiro atoms. The zero-order chi connectivity index (χ0) is 18.6. The van der Waals surface area contributed by atoms with Crippen LogP contribution in [-0.2, 0) is 0 Å². The molecule has 0 unspecified atom stereocenters. The van der Waals surface area contributed by atoms with Crippen LogP contribution >= 0.6 is 11.3 Å². The van der Waals surface area contributed by atoms with Crippen molar-refractivity contribution < 1.29 is 9.53 Å². The average molecular weight is 377 g/mol. The van der Waals surface area contributed by atoms with Crippen LogP contribution in [0.4, 0.5) is 5.69 Å². The van der Waals surface area contributed by atoms with Crippen LogP contribution in [0, 0.1) is 6.92 Å². The average Bonchev–Trinajstić information content (AvgIpc) is 3.37. The fourth-order valence-electron chi connectivity index (χ4n) is 2.43. The zero-order valence-electron chi connectivity index (χ0n) is 14.4. The lowest BCUT2D eigenvalue weighted by Crippen LogP contribution is -2.09. The van der Waals surface area contributed by atoms with Crippen LogP contribution in [0.3, 0.4) is 0 Å². The quantitative estimate of drug-likeness (QED) is 0.567. The van der Waals surface area contributed by atoms with Crippen LogP contribution in [0.25, 0.3) is 5.82 Å². The maximum absolute atomic E-state index is 12.1. The molecule has 4 aromatic rings. The van der Waals surface area contributed by atoms with E-state index in [-0.39, 0.29) is 5.91 Å². The molecule has 0 bridgehead atoms. The number of thiophene rings is 1. The van der Waals surface area contributed by atoms with E-state index in [1.165, 1.54) is 11.3 Å². The molecule has 4 rings (SSSR count). The van der Waals surface area contributed by atoms with Crippen molar-refractivity contribution in [3.8, 4) is 17.4 Å². The number of amides is 1. The summed E-state index contributed by atoms with van der Waals surface area (Å²) in [6, 6.07) is 14.3. The lowest BCUT2D eigenvalue weighted by molar-refractivity contribution is 0.103. The van der Waals surface area contributed by atoms with Gasteiger partial charge in [0.1, 0.15) is 11.6 Å². The largest absolute Gasteiger partial charge is 0.439 e. The molecule has 0 saturated carbocycles. The monoisotopic (exact) mass is 377 g/mol. The van der Waals surface area contributed by atoms with Gasteiger partial charge >= 0.3 is 0 Å². The van der Waals surface area contributed by atoms with Crippen LogP contribution in [0.15, 0.2) is 66.3 Å². The molecule has 1 amide bonds. The molecule has 0 aliphatic rings. The number of ether oxygens (including phenoxy) is 1. The Bertz CT molecular complexity index is 1040. The van der Waals surface area contributed by atoms with E-state index in [0.29, 0.717) is 33.8 Å². The van der Waals surface area contributed by atoms with E-state index in [1.54, 1.807) is 60.4 Å². The second-order valence-electron chi connectivity index (χ2n) is 5.62. The van der Waals surface area contributed by atoms with Gasteiger partial charge in [-0.3, -0.25) is 4.79 Å². The summed E-state index contributed by atoms with van der Waals surface area (Å²) in [5.74, 6) is 2.10. The second-order valence-corrected chi connectivity index (χ2v) is 6.57. The number of anilines is 1. The molecular weight excluding hydrogens is 362 g/mol. The minimum atomic E-state index is -0.131.